The molecule has 1 heterocycles. The normalized spacial score (nSPS) is 14.2. The molecule has 2 N–H and O–H groups in total. The molecular formula is C15H19FN2OS. The number of hydrogen-bond acceptors (Lipinski definition) is 4. The minimum absolute atomic E-state index is 0.0858. The summed E-state index contributed by atoms with van der Waals surface area (Å²) in [7, 11) is 0. The summed E-state index contributed by atoms with van der Waals surface area (Å²) in [5, 5.41) is 13.3. The Morgan fingerprint density at radius 3 is 2.70 bits per heavy atom. The number of thiazole rings is 1. The summed E-state index contributed by atoms with van der Waals surface area (Å²) in [6, 6.07) is 6.76. The van der Waals surface area contributed by atoms with E-state index in [1.165, 1.54) is 17.4 Å². The van der Waals surface area contributed by atoms with Gasteiger partial charge in [0, 0.05) is 23.0 Å². The van der Waals surface area contributed by atoms with Gasteiger partial charge in [0.25, 0.3) is 0 Å². The Bertz CT molecular complexity index is 583. The van der Waals surface area contributed by atoms with Gasteiger partial charge in [-0.2, -0.15) is 0 Å². The lowest BCUT2D eigenvalue weighted by Gasteiger charge is -2.13. The zero-order valence-electron chi connectivity index (χ0n) is 11.9. The first-order chi connectivity index (χ1) is 9.49. The monoisotopic (exact) mass is 294 g/mol. The van der Waals surface area contributed by atoms with E-state index in [0.29, 0.717) is 17.1 Å². The van der Waals surface area contributed by atoms with Crippen molar-refractivity contribution in [3.8, 4) is 10.6 Å². The number of aryl methyl sites for hydroxylation is 1. The predicted molar refractivity (Wildman–Crippen MR) is 80.3 cm³/mol. The first-order valence-electron chi connectivity index (χ1n) is 6.62. The summed E-state index contributed by atoms with van der Waals surface area (Å²) >= 11 is 1.49. The van der Waals surface area contributed by atoms with Crippen molar-refractivity contribution in [1.29, 1.82) is 0 Å². The molecule has 108 valence electrons. The lowest BCUT2D eigenvalue weighted by Crippen LogP contribution is -2.27. The van der Waals surface area contributed by atoms with Gasteiger partial charge in [0.15, 0.2) is 0 Å². The fourth-order valence-electron chi connectivity index (χ4n) is 2.00. The van der Waals surface area contributed by atoms with E-state index in [9.17, 15) is 9.50 Å². The molecule has 0 aliphatic carbocycles. The number of nitrogens with zero attached hydrogens (tertiary/aromatic N) is 1. The van der Waals surface area contributed by atoms with Crippen LogP contribution in [0.4, 0.5) is 4.39 Å². The van der Waals surface area contributed by atoms with Crippen molar-refractivity contribution in [2.24, 2.45) is 0 Å². The Balaban J connectivity index is 2.24. The van der Waals surface area contributed by atoms with E-state index >= 15 is 0 Å². The first-order valence-corrected chi connectivity index (χ1v) is 7.44. The van der Waals surface area contributed by atoms with Crippen LogP contribution in [0.3, 0.4) is 0 Å². The van der Waals surface area contributed by atoms with Gasteiger partial charge in [0.1, 0.15) is 10.8 Å². The molecule has 0 saturated carbocycles. The van der Waals surface area contributed by atoms with E-state index < -0.39 is 6.10 Å². The summed E-state index contributed by atoms with van der Waals surface area (Å²) in [5.41, 5.74) is 1.44. The predicted octanol–water partition coefficient (Wildman–Crippen LogP) is 3.29. The maximum absolute atomic E-state index is 13.8. The number of aliphatic hydroxyl groups is 1. The maximum Gasteiger partial charge on any atom is 0.133 e. The molecule has 0 aliphatic rings. The van der Waals surface area contributed by atoms with Gasteiger partial charge in [0.05, 0.1) is 11.8 Å². The molecule has 3 nitrogen and oxygen atoms in total. The van der Waals surface area contributed by atoms with Crippen LogP contribution < -0.4 is 5.32 Å². The Labute approximate surface area is 122 Å². The second kappa shape index (κ2) is 6.43. The molecule has 0 aliphatic heterocycles. The highest BCUT2D eigenvalue weighted by atomic mass is 32.1. The van der Waals surface area contributed by atoms with E-state index in [0.717, 1.165) is 10.6 Å². The van der Waals surface area contributed by atoms with Gasteiger partial charge in [-0.05, 0) is 32.9 Å². The van der Waals surface area contributed by atoms with Gasteiger partial charge in [-0.3, -0.25) is 0 Å². The molecule has 20 heavy (non-hydrogen) atoms. The fourth-order valence-corrected chi connectivity index (χ4v) is 3.12. The summed E-state index contributed by atoms with van der Waals surface area (Å²) in [6.07, 6.45) is -0.392. The molecule has 0 bridgehead atoms. The highest BCUT2D eigenvalue weighted by molar-refractivity contribution is 7.15. The van der Waals surface area contributed by atoms with Crippen molar-refractivity contribution in [2.75, 3.05) is 6.54 Å². The van der Waals surface area contributed by atoms with Crippen LogP contribution in [0.25, 0.3) is 10.6 Å². The summed E-state index contributed by atoms with van der Waals surface area (Å²) in [4.78, 5) is 5.54. The number of nitrogens with one attached hydrogen (secondary N) is 1. The van der Waals surface area contributed by atoms with E-state index in [4.69, 9.17) is 0 Å². The minimum atomic E-state index is -0.392. The van der Waals surface area contributed by atoms with Crippen molar-refractivity contribution in [3.63, 3.8) is 0 Å². The molecule has 1 aromatic heterocycles. The minimum Gasteiger partial charge on any atom is -0.392 e. The standard InChI is InChI=1S/C15H19FN2OS/c1-9(19)8-17-10(2)14-11(3)18-15(20-14)12-6-4-5-7-13(12)16/h4-7,9-10,17,19H,8H2,1-3H3. The molecule has 2 atom stereocenters. The lowest BCUT2D eigenvalue weighted by molar-refractivity contribution is 0.187. The van der Waals surface area contributed by atoms with Gasteiger partial charge in [0.2, 0.25) is 0 Å². The van der Waals surface area contributed by atoms with E-state index in [2.05, 4.69) is 10.3 Å². The quantitative estimate of drug-likeness (QED) is 0.889. The van der Waals surface area contributed by atoms with Gasteiger partial charge in [-0.1, -0.05) is 12.1 Å². The topological polar surface area (TPSA) is 45.2 Å². The maximum atomic E-state index is 13.8. The van der Waals surface area contributed by atoms with E-state index in [1.54, 1.807) is 19.1 Å². The van der Waals surface area contributed by atoms with Crippen LogP contribution in [-0.4, -0.2) is 22.7 Å². The number of benzene rings is 1. The average molecular weight is 294 g/mol. The molecule has 0 spiro atoms. The van der Waals surface area contributed by atoms with Crippen molar-refractivity contribution in [2.45, 2.75) is 32.9 Å². The third-order valence-electron chi connectivity index (χ3n) is 3.05. The summed E-state index contributed by atoms with van der Waals surface area (Å²) in [6.45, 7) is 6.21. The lowest BCUT2D eigenvalue weighted by atomic mass is 10.2. The largest absolute Gasteiger partial charge is 0.392 e. The number of aliphatic hydroxyl groups excluding tert-OH is 1. The van der Waals surface area contributed by atoms with Crippen LogP contribution in [0.2, 0.25) is 0 Å². The molecule has 2 unspecified atom stereocenters. The van der Waals surface area contributed by atoms with Crippen molar-refractivity contribution in [3.05, 3.63) is 40.7 Å². The Morgan fingerprint density at radius 1 is 1.35 bits per heavy atom. The van der Waals surface area contributed by atoms with E-state index in [1.807, 2.05) is 19.9 Å². The van der Waals surface area contributed by atoms with Gasteiger partial charge < -0.3 is 10.4 Å². The van der Waals surface area contributed by atoms with Crippen LogP contribution in [0, 0.1) is 12.7 Å². The second-order valence-electron chi connectivity index (χ2n) is 4.93. The molecule has 2 aromatic rings. The Hall–Kier alpha value is -1.30. The smallest absolute Gasteiger partial charge is 0.133 e. The zero-order valence-corrected chi connectivity index (χ0v) is 12.7. The van der Waals surface area contributed by atoms with Crippen molar-refractivity contribution in [1.82, 2.24) is 10.3 Å². The SMILES string of the molecule is Cc1nc(-c2ccccc2F)sc1C(C)NCC(C)O. The molecule has 5 heteroatoms. The molecule has 0 saturated heterocycles. The summed E-state index contributed by atoms with van der Waals surface area (Å²) < 4.78 is 13.8. The van der Waals surface area contributed by atoms with Crippen LogP contribution in [-0.2, 0) is 0 Å². The second-order valence-corrected chi connectivity index (χ2v) is 5.96. The molecular weight excluding hydrogens is 275 g/mol. The third-order valence-corrected chi connectivity index (χ3v) is 4.42. The van der Waals surface area contributed by atoms with Crippen LogP contribution in [0.1, 0.15) is 30.5 Å². The number of halogens is 1. The fraction of sp³-hybridized carbons (Fsp3) is 0.400. The average Bonchev–Trinajstić information content (AvgIpc) is 2.78. The molecule has 1 aromatic carbocycles. The summed E-state index contributed by atoms with van der Waals surface area (Å²) in [5.74, 6) is -0.252. The molecule has 2 rings (SSSR count). The van der Waals surface area contributed by atoms with Crippen molar-refractivity contribution < 1.29 is 9.50 Å². The van der Waals surface area contributed by atoms with E-state index in [-0.39, 0.29) is 11.9 Å². The number of aromatic nitrogens is 1. The van der Waals surface area contributed by atoms with Crippen LogP contribution in [0.5, 0.6) is 0 Å². The highest BCUT2D eigenvalue weighted by Crippen LogP contribution is 2.32. The number of rotatable bonds is 5. The zero-order chi connectivity index (χ0) is 14.7. The molecule has 0 radical (unpaired) electrons. The third kappa shape index (κ3) is 3.42. The Morgan fingerprint density at radius 2 is 2.05 bits per heavy atom. The van der Waals surface area contributed by atoms with Crippen LogP contribution >= 0.6 is 11.3 Å². The Kier molecular flexibility index (Phi) is 4.86. The highest BCUT2D eigenvalue weighted by Gasteiger charge is 2.17. The van der Waals surface area contributed by atoms with Gasteiger partial charge in [-0.15, -0.1) is 11.3 Å². The number of hydrogen-bond donors (Lipinski definition) is 2. The van der Waals surface area contributed by atoms with Gasteiger partial charge in [-0.25, -0.2) is 9.37 Å². The van der Waals surface area contributed by atoms with Crippen molar-refractivity contribution >= 4 is 11.3 Å². The first kappa shape index (κ1) is 15.1. The van der Waals surface area contributed by atoms with Crippen LogP contribution in [0.15, 0.2) is 24.3 Å². The van der Waals surface area contributed by atoms with Gasteiger partial charge >= 0.3 is 0 Å². The molecule has 0 amide bonds. The molecule has 0 fully saturated rings.